The summed E-state index contributed by atoms with van der Waals surface area (Å²) in [7, 11) is 0. The van der Waals surface area contributed by atoms with Crippen molar-refractivity contribution in [2.75, 3.05) is 11.9 Å². The first-order valence-electron chi connectivity index (χ1n) is 10.7. The number of imidazole rings is 1. The van der Waals surface area contributed by atoms with E-state index < -0.39 is 0 Å². The van der Waals surface area contributed by atoms with Gasteiger partial charge in [0, 0.05) is 31.2 Å². The van der Waals surface area contributed by atoms with Crippen molar-refractivity contribution in [2.45, 2.75) is 52.7 Å². The molecule has 0 radical (unpaired) electrons. The van der Waals surface area contributed by atoms with E-state index in [1.165, 1.54) is 5.56 Å². The number of hydrogen-bond donors (Lipinski definition) is 1. The normalized spacial score (nSPS) is 16.5. The lowest BCUT2D eigenvalue weighted by Gasteiger charge is -2.36. The second kappa shape index (κ2) is 8.44. The van der Waals surface area contributed by atoms with Gasteiger partial charge in [0.05, 0.1) is 17.7 Å². The van der Waals surface area contributed by atoms with E-state index in [0.717, 1.165) is 47.7 Å². The van der Waals surface area contributed by atoms with E-state index in [-0.39, 0.29) is 18.0 Å². The summed E-state index contributed by atoms with van der Waals surface area (Å²) in [6.45, 7) is 9.89. The Bertz CT molecular complexity index is 1040. The molecule has 2 aromatic carbocycles. The predicted molar refractivity (Wildman–Crippen MR) is 120 cm³/mol. The highest BCUT2D eigenvalue weighted by Gasteiger charge is 2.37. The summed E-state index contributed by atoms with van der Waals surface area (Å²) in [6, 6.07) is 16.4. The number of aryl methyl sites for hydroxylation is 2. The molecule has 0 unspecified atom stereocenters. The number of amides is 1. The quantitative estimate of drug-likeness (QED) is 0.666. The highest BCUT2D eigenvalue weighted by Crippen LogP contribution is 2.33. The Morgan fingerprint density at radius 2 is 1.93 bits per heavy atom. The van der Waals surface area contributed by atoms with Crippen LogP contribution in [0.4, 0.5) is 5.69 Å². The molecule has 4 rings (SSSR count). The molecule has 1 aliphatic rings. The lowest BCUT2D eigenvalue weighted by Crippen LogP contribution is -2.42. The number of nitrogens with one attached hydrogen (secondary N) is 1. The van der Waals surface area contributed by atoms with Gasteiger partial charge in [-0.2, -0.15) is 0 Å². The first-order chi connectivity index (χ1) is 14.4. The van der Waals surface area contributed by atoms with Crippen LogP contribution in [0, 0.1) is 13.8 Å². The fourth-order valence-electron chi connectivity index (χ4n) is 4.21. The summed E-state index contributed by atoms with van der Waals surface area (Å²) < 4.78 is 2.15. The van der Waals surface area contributed by atoms with E-state index in [0.29, 0.717) is 0 Å². The van der Waals surface area contributed by atoms with E-state index in [1.54, 1.807) is 0 Å². The highest BCUT2D eigenvalue weighted by atomic mass is 16.2. The van der Waals surface area contributed by atoms with Gasteiger partial charge in [-0.3, -0.25) is 9.69 Å². The molecule has 0 spiro atoms. The average molecular weight is 403 g/mol. The Hall–Kier alpha value is -2.92. The van der Waals surface area contributed by atoms with Gasteiger partial charge in [0.2, 0.25) is 5.91 Å². The van der Waals surface area contributed by atoms with Crippen molar-refractivity contribution in [3.63, 3.8) is 0 Å². The summed E-state index contributed by atoms with van der Waals surface area (Å²) >= 11 is 0. The number of anilines is 1. The summed E-state index contributed by atoms with van der Waals surface area (Å²) in [4.78, 5) is 20.6. The van der Waals surface area contributed by atoms with E-state index in [1.807, 2.05) is 44.4 Å². The minimum Gasteiger partial charge on any atom is -0.330 e. The average Bonchev–Trinajstić information content (AvgIpc) is 3.15. The van der Waals surface area contributed by atoms with Crippen LogP contribution in [-0.4, -0.2) is 26.9 Å². The van der Waals surface area contributed by atoms with Gasteiger partial charge in [-0.1, -0.05) is 42.5 Å². The van der Waals surface area contributed by atoms with Crippen molar-refractivity contribution in [1.29, 1.82) is 0 Å². The maximum Gasteiger partial charge on any atom is 0.247 e. The van der Waals surface area contributed by atoms with Gasteiger partial charge in [-0.25, -0.2) is 4.98 Å². The molecule has 2 heterocycles. The molecule has 0 saturated heterocycles. The fraction of sp³-hybridized carbons (Fsp3) is 0.360. The van der Waals surface area contributed by atoms with E-state index in [9.17, 15) is 4.79 Å². The molecule has 3 aromatic rings. The minimum atomic E-state index is -0.376. The molecule has 0 aliphatic carbocycles. The van der Waals surface area contributed by atoms with Gasteiger partial charge >= 0.3 is 0 Å². The van der Waals surface area contributed by atoms with Crippen LogP contribution >= 0.6 is 0 Å². The van der Waals surface area contributed by atoms with Gasteiger partial charge < -0.3 is 9.88 Å². The molecule has 30 heavy (non-hydrogen) atoms. The lowest BCUT2D eigenvalue weighted by atomic mass is 9.99. The third kappa shape index (κ3) is 4.03. The van der Waals surface area contributed by atoms with Gasteiger partial charge in [0.25, 0.3) is 0 Å². The minimum absolute atomic E-state index is 0.00276. The number of carbonyl (C=O) groups is 1. The number of aromatic nitrogens is 2. The maximum atomic E-state index is 13.7. The highest BCUT2D eigenvalue weighted by molar-refractivity contribution is 5.96. The van der Waals surface area contributed by atoms with Crippen molar-refractivity contribution in [3.8, 4) is 0 Å². The number of fused-ring (bicyclic) bond motifs is 1. The molecule has 5 nitrogen and oxygen atoms in total. The number of hydrogen-bond acceptors (Lipinski definition) is 3. The zero-order chi connectivity index (χ0) is 21.3. The van der Waals surface area contributed by atoms with E-state index in [2.05, 4.69) is 57.9 Å². The van der Waals surface area contributed by atoms with Gasteiger partial charge in [-0.15, -0.1) is 0 Å². The maximum absolute atomic E-state index is 13.7. The third-order valence-corrected chi connectivity index (χ3v) is 5.86. The molecule has 1 aromatic heterocycles. The summed E-state index contributed by atoms with van der Waals surface area (Å²) in [6.07, 6.45) is 2.74. The van der Waals surface area contributed by atoms with Crippen LogP contribution in [0.15, 0.2) is 54.9 Å². The van der Waals surface area contributed by atoms with Crippen molar-refractivity contribution in [3.05, 3.63) is 82.9 Å². The van der Waals surface area contributed by atoms with Crippen LogP contribution in [0.1, 0.15) is 54.0 Å². The number of rotatable bonds is 5. The van der Waals surface area contributed by atoms with Gasteiger partial charge in [0.1, 0.15) is 6.04 Å². The van der Waals surface area contributed by atoms with Crippen molar-refractivity contribution in [1.82, 2.24) is 14.5 Å². The Balaban J connectivity index is 1.71. The van der Waals surface area contributed by atoms with Crippen LogP contribution in [0.2, 0.25) is 0 Å². The van der Waals surface area contributed by atoms with Crippen molar-refractivity contribution >= 4 is 11.6 Å². The molecular weight excluding hydrogens is 372 g/mol. The fourth-order valence-corrected chi connectivity index (χ4v) is 4.21. The Morgan fingerprint density at radius 3 is 2.67 bits per heavy atom. The predicted octanol–water partition coefficient (Wildman–Crippen LogP) is 4.82. The Kier molecular flexibility index (Phi) is 5.73. The van der Waals surface area contributed by atoms with E-state index >= 15 is 0 Å². The molecule has 0 bridgehead atoms. The van der Waals surface area contributed by atoms with Crippen molar-refractivity contribution in [2.24, 2.45) is 0 Å². The van der Waals surface area contributed by atoms with Crippen LogP contribution < -0.4 is 5.32 Å². The Morgan fingerprint density at radius 1 is 1.17 bits per heavy atom. The monoisotopic (exact) mass is 402 g/mol. The van der Waals surface area contributed by atoms with Crippen LogP contribution in [0.3, 0.4) is 0 Å². The van der Waals surface area contributed by atoms with Gasteiger partial charge in [-0.05, 0) is 50.5 Å². The third-order valence-electron chi connectivity index (χ3n) is 5.86. The molecule has 0 saturated carbocycles. The van der Waals surface area contributed by atoms with E-state index in [4.69, 9.17) is 0 Å². The topological polar surface area (TPSA) is 50.2 Å². The standard InChI is InChI=1S/C25H30N4O/c1-17(2)29-16-26-21-12-13-28(15-20-8-6-5-7-9-20)24(23(21)29)25(30)27-22-14-18(3)10-11-19(22)4/h5-11,14,16-17,24H,12-13,15H2,1-4H3,(H,27,30)/t24-/m1/s1. The molecule has 0 fully saturated rings. The van der Waals surface area contributed by atoms with Crippen molar-refractivity contribution < 1.29 is 4.79 Å². The molecular formula is C25H30N4O. The SMILES string of the molecule is Cc1ccc(C)c(NC(=O)[C@H]2c3c(ncn3C(C)C)CCN2Cc2ccccc2)c1. The molecule has 156 valence electrons. The second-order valence-corrected chi connectivity index (χ2v) is 8.49. The van der Waals surface area contributed by atoms with Crippen LogP contribution in [0.25, 0.3) is 0 Å². The first-order valence-corrected chi connectivity index (χ1v) is 10.7. The number of benzene rings is 2. The first kappa shape index (κ1) is 20.4. The zero-order valence-corrected chi connectivity index (χ0v) is 18.2. The smallest absolute Gasteiger partial charge is 0.247 e. The molecule has 1 N–H and O–H groups in total. The van der Waals surface area contributed by atoms with Gasteiger partial charge in [0.15, 0.2) is 0 Å². The zero-order valence-electron chi connectivity index (χ0n) is 18.2. The number of nitrogens with zero attached hydrogens (tertiary/aromatic N) is 3. The second-order valence-electron chi connectivity index (χ2n) is 8.49. The molecule has 1 amide bonds. The Labute approximate surface area is 178 Å². The summed E-state index contributed by atoms with van der Waals surface area (Å²) in [5.41, 5.74) is 6.35. The van der Waals surface area contributed by atoms with Crippen LogP contribution in [-0.2, 0) is 17.8 Å². The molecule has 1 atom stereocenters. The van der Waals surface area contributed by atoms with Crippen LogP contribution in [0.5, 0.6) is 0 Å². The lowest BCUT2D eigenvalue weighted by molar-refractivity contribution is -0.122. The number of carbonyl (C=O) groups excluding carboxylic acids is 1. The summed E-state index contributed by atoms with van der Waals surface area (Å²) in [5, 5.41) is 3.21. The summed E-state index contributed by atoms with van der Waals surface area (Å²) in [5.74, 6) is 0.00276. The largest absolute Gasteiger partial charge is 0.330 e. The molecule has 5 heteroatoms. The molecule has 1 aliphatic heterocycles.